The van der Waals surface area contributed by atoms with E-state index in [1.807, 2.05) is 37.4 Å². The van der Waals surface area contributed by atoms with E-state index >= 15 is 0 Å². The number of fused-ring (bicyclic) bond motifs is 1. The Balaban J connectivity index is 1.52. The van der Waals surface area contributed by atoms with Gasteiger partial charge in [0.1, 0.15) is 11.8 Å². The molecular weight excluding hydrogens is 356 g/mol. The zero-order chi connectivity index (χ0) is 19.7. The molecule has 28 heavy (non-hydrogen) atoms. The van der Waals surface area contributed by atoms with Gasteiger partial charge in [-0.25, -0.2) is 0 Å². The monoisotopic (exact) mass is 380 g/mol. The molecule has 0 unspecified atom stereocenters. The van der Waals surface area contributed by atoms with Gasteiger partial charge in [0, 0.05) is 30.8 Å². The molecule has 3 N–H and O–H groups in total. The topological polar surface area (TPSA) is 93.5 Å². The predicted octanol–water partition coefficient (Wildman–Crippen LogP) is 1.96. The van der Waals surface area contributed by atoms with Crippen molar-refractivity contribution < 1.29 is 14.0 Å². The number of amides is 2. The molecule has 0 saturated carbocycles. The van der Waals surface area contributed by atoms with Gasteiger partial charge in [0.25, 0.3) is 5.91 Å². The third-order valence-electron chi connectivity index (χ3n) is 5.13. The zero-order valence-electron chi connectivity index (χ0n) is 15.8. The summed E-state index contributed by atoms with van der Waals surface area (Å²) in [6, 6.07) is 12.9. The molecule has 3 heterocycles. The van der Waals surface area contributed by atoms with Crippen molar-refractivity contribution >= 4 is 22.7 Å². The van der Waals surface area contributed by atoms with Gasteiger partial charge in [-0.2, -0.15) is 0 Å². The fraction of sp³-hybridized carbons (Fsp3) is 0.333. The number of nitrogens with one attached hydrogen (secondary N) is 1. The number of hydrogen-bond donors (Lipinski definition) is 2. The van der Waals surface area contributed by atoms with Gasteiger partial charge in [0.05, 0.1) is 6.54 Å². The average Bonchev–Trinajstić information content (AvgIpc) is 3.41. The molecule has 4 rings (SSSR count). The highest BCUT2D eigenvalue weighted by Crippen LogP contribution is 2.22. The Bertz CT molecular complexity index is 1010. The summed E-state index contributed by atoms with van der Waals surface area (Å²) in [5.74, 6) is 0.444. The van der Waals surface area contributed by atoms with E-state index in [4.69, 9.17) is 10.2 Å². The first-order valence-corrected chi connectivity index (χ1v) is 9.53. The van der Waals surface area contributed by atoms with E-state index in [0.29, 0.717) is 31.8 Å². The highest BCUT2D eigenvalue weighted by molar-refractivity contribution is 5.96. The van der Waals surface area contributed by atoms with Gasteiger partial charge in [0.15, 0.2) is 5.76 Å². The molecule has 0 aliphatic carbocycles. The summed E-state index contributed by atoms with van der Waals surface area (Å²) in [7, 11) is 0. The lowest BCUT2D eigenvalue weighted by molar-refractivity contribution is -0.124. The smallest absolute Gasteiger partial charge is 0.290 e. The number of carbonyl (C=O) groups excluding carboxylic acids is 2. The number of likely N-dealkylation sites (tertiary alicyclic amines) is 1. The van der Waals surface area contributed by atoms with Gasteiger partial charge in [0.2, 0.25) is 5.91 Å². The number of furan rings is 1. The molecule has 7 nitrogen and oxygen atoms in total. The Morgan fingerprint density at radius 1 is 1.21 bits per heavy atom. The first kappa shape index (κ1) is 18.3. The molecule has 2 aromatic heterocycles. The maximum atomic E-state index is 12.9. The van der Waals surface area contributed by atoms with E-state index < -0.39 is 6.04 Å². The molecule has 7 heteroatoms. The molecule has 1 aromatic carbocycles. The maximum absolute atomic E-state index is 12.9. The number of benzene rings is 1. The summed E-state index contributed by atoms with van der Waals surface area (Å²) in [5, 5.41) is 3.93. The highest BCUT2D eigenvalue weighted by atomic mass is 16.4. The lowest BCUT2D eigenvalue weighted by atomic mass is 10.1. The highest BCUT2D eigenvalue weighted by Gasteiger charge is 2.39. The fourth-order valence-electron chi connectivity index (χ4n) is 3.80. The lowest BCUT2D eigenvalue weighted by Crippen LogP contribution is -2.45. The molecule has 1 saturated heterocycles. The van der Waals surface area contributed by atoms with Crippen molar-refractivity contribution in [3.05, 3.63) is 60.2 Å². The Labute approximate surface area is 163 Å². The van der Waals surface area contributed by atoms with Crippen molar-refractivity contribution in [1.29, 1.82) is 0 Å². The molecule has 0 spiro atoms. The van der Waals surface area contributed by atoms with Gasteiger partial charge in [-0.15, -0.1) is 0 Å². The Hall–Kier alpha value is -3.06. The third-order valence-corrected chi connectivity index (χ3v) is 5.13. The van der Waals surface area contributed by atoms with Crippen molar-refractivity contribution in [1.82, 2.24) is 14.8 Å². The minimum absolute atomic E-state index is 0.172. The van der Waals surface area contributed by atoms with E-state index in [0.717, 1.165) is 10.9 Å². The number of likely N-dealkylation sites (N-methyl/N-ethyl adjacent to an activating group) is 1. The van der Waals surface area contributed by atoms with Crippen molar-refractivity contribution in [3.63, 3.8) is 0 Å². The first-order valence-electron chi connectivity index (χ1n) is 9.53. The third kappa shape index (κ3) is 3.41. The molecule has 2 amide bonds. The summed E-state index contributed by atoms with van der Waals surface area (Å²) < 4.78 is 7.89. The molecular formula is C21H24N4O3. The number of rotatable bonds is 5. The lowest BCUT2D eigenvalue weighted by Gasteiger charge is -2.22. The van der Waals surface area contributed by atoms with E-state index in [1.54, 1.807) is 12.1 Å². The van der Waals surface area contributed by atoms with Crippen LogP contribution in [-0.4, -0.2) is 46.5 Å². The normalized spacial score (nSPS) is 19.3. The van der Waals surface area contributed by atoms with Crippen LogP contribution in [0.25, 0.3) is 10.9 Å². The summed E-state index contributed by atoms with van der Waals surface area (Å²) in [6.45, 7) is 3.24. The van der Waals surface area contributed by atoms with Crippen LogP contribution in [-0.2, 0) is 11.3 Å². The van der Waals surface area contributed by atoms with Gasteiger partial charge in [-0.05, 0) is 43.0 Å². The van der Waals surface area contributed by atoms with Crippen LogP contribution in [0.4, 0.5) is 0 Å². The second kappa shape index (κ2) is 7.52. The van der Waals surface area contributed by atoms with Crippen LogP contribution < -0.4 is 11.1 Å². The average molecular weight is 380 g/mol. The summed E-state index contributed by atoms with van der Waals surface area (Å²) >= 11 is 0. The molecule has 1 fully saturated rings. The number of nitrogens with zero attached hydrogens (tertiary/aromatic N) is 2. The van der Waals surface area contributed by atoms with Gasteiger partial charge < -0.3 is 24.9 Å². The molecule has 0 bridgehead atoms. The maximum Gasteiger partial charge on any atom is 0.290 e. The molecule has 1 aliphatic heterocycles. The Kier molecular flexibility index (Phi) is 4.92. The minimum Gasteiger partial charge on any atom is -0.454 e. The van der Waals surface area contributed by atoms with E-state index in [1.165, 1.54) is 4.90 Å². The Morgan fingerprint density at radius 3 is 2.86 bits per heavy atom. The van der Waals surface area contributed by atoms with Crippen molar-refractivity contribution in [3.8, 4) is 0 Å². The van der Waals surface area contributed by atoms with Crippen molar-refractivity contribution in [2.45, 2.75) is 32.0 Å². The fourth-order valence-corrected chi connectivity index (χ4v) is 3.80. The van der Waals surface area contributed by atoms with Gasteiger partial charge in [-0.3, -0.25) is 9.59 Å². The zero-order valence-corrected chi connectivity index (χ0v) is 15.8. The van der Waals surface area contributed by atoms with Crippen molar-refractivity contribution in [2.75, 3.05) is 13.1 Å². The van der Waals surface area contributed by atoms with E-state index in [2.05, 4.69) is 16.0 Å². The molecule has 3 aromatic rings. The van der Waals surface area contributed by atoms with Crippen LogP contribution in [0.3, 0.4) is 0 Å². The SMILES string of the molecule is CCNC(=O)[C@@H]1C[C@H](N)CN1C(=O)c1ccc(Cn2ccc3ccccc32)o1. The van der Waals surface area contributed by atoms with Gasteiger partial charge >= 0.3 is 0 Å². The van der Waals surface area contributed by atoms with Crippen LogP contribution in [0.1, 0.15) is 29.7 Å². The number of carbonyl (C=O) groups is 2. The summed E-state index contributed by atoms with van der Waals surface area (Å²) in [4.78, 5) is 26.7. The van der Waals surface area contributed by atoms with Crippen LogP contribution in [0, 0.1) is 0 Å². The number of aromatic nitrogens is 1. The summed E-state index contributed by atoms with van der Waals surface area (Å²) in [5.41, 5.74) is 7.11. The molecule has 146 valence electrons. The quantitative estimate of drug-likeness (QED) is 0.708. The summed E-state index contributed by atoms with van der Waals surface area (Å²) in [6.07, 6.45) is 2.46. The van der Waals surface area contributed by atoms with Crippen molar-refractivity contribution in [2.24, 2.45) is 5.73 Å². The van der Waals surface area contributed by atoms with Gasteiger partial charge in [-0.1, -0.05) is 18.2 Å². The second-order valence-corrected chi connectivity index (χ2v) is 7.13. The minimum atomic E-state index is -0.551. The number of nitrogens with two attached hydrogens (primary N) is 1. The molecule has 2 atom stereocenters. The number of para-hydroxylation sites is 1. The van der Waals surface area contributed by atoms with Crippen LogP contribution in [0.15, 0.2) is 53.1 Å². The van der Waals surface area contributed by atoms with E-state index in [-0.39, 0.29) is 23.6 Å². The Morgan fingerprint density at radius 2 is 2.04 bits per heavy atom. The van der Waals surface area contributed by atoms with Crippen LogP contribution >= 0.6 is 0 Å². The second-order valence-electron chi connectivity index (χ2n) is 7.13. The predicted molar refractivity (Wildman–Crippen MR) is 106 cm³/mol. The van der Waals surface area contributed by atoms with Crippen LogP contribution in [0.5, 0.6) is 0 Å². The molecule has 1 aliphatic rings. The molecule has 0 radical (unpaired) electrons. The van der Waals surface area contributed by atoms with Crippen LogP contribution in [0.2, 0.25) is 0 Å². The largest absolute Gasteiger partial charge is 0.454 e. The van der Waals surface area contributed by atoms with E-state index in [9.17, 15) is 9.59 Å². The first-order chi connectivity index (χ1) is 13.6. The number of hydrogen-bond acceptors (Lipinski definition) is 4. The standard InChI is InChI=1S/C21H24N4O3/c1-2-23-20(26)18-11-15(22)12-25(18)21(27)19-8-7-16(28-19)13-24-10-9-14-5-3-4-6-17(14)24/h3-10,15,18H,2,11-13,22H2,1H3,(H,23,26)/t15-,18-/m0/s1.